The molecule has 2 atom stereocenters. The van der Waals surface area contributed by atoms with Gasteiger partial charge in [-0.15, -0.1) is 24.0 Å². The molecule has 0 bridgehead atoms. The molecule has 3 N–H and O–H groups in total. The summed E-state index contributed by atoms with van der Waals surface area (Å²) in [7, 11) is 0. The van der Waals surface area contributed by atoms with Crippen molar-refractivity contribution >= 4 is 52.7 Å². The summed E-state index contributed by atoms with van der Waals surface area (Å²) in [6.07, 6.45) is 0.792. The van der Waals surface area contributed by atoms with E-state index in [1.54, 1.807) is 11.8 Å². The summed E-state index contributed by atoms with van der Waals surface area (Å²) in [6.45, 7) is 7.77. The Hall–Kier alpha value is -1.13. The molecule has 1 aromatic heterocycles. The highest BCUT2D eigenvalue weighted by molar-refractivity contribution is 14.0. The number of aliphatic hydroxyl groups is 1. The van der Waals surface area contributed by atoms with Crippen molar-refractivity contribution in [3.05, 3.63) is 30.0 Å². The molecule has 2 unspecified atom stereocenters. The molecule has 0 radical (unpaired) electrons. The summed E-state index contributed by atoms with van der Waals surface area (Å²) >= 11 is 1.78. The topological polar surface area (TPSA) is 79.0 Å². The van der Waals surface area contributed by atoms with E-state index < -0.39 is 5.60 Å². The fourth-order valence-corrected chi connectivity index (χ4v) is 4.37. The summed E-state index contributed by atoms with van der Waals surface area (Å²) in [5.41, 5.74) is 0.0735. The van der Waals surface area contributed by atoms with Gasteiger partial charge in [-0.25, -0.2) is 0 Å². The number of furan rings is 1. The Morgan fingerprint density at radius 3 is 2.93 bits per heavy atom. The molecule has 1 fully saturated rings. The Labute approximate surface area is 187 Å². The lowest BCUT2D eigenvalue weighted by Crippen LogP contribution is -2.41. The van der Waals surface area contributed by atoms with E-state index in [4.69, 9.17) is 9.15 Å². The zero-order chi connectivity index (χ0) is 19.3. The minimum Gasteiger partial charge on any atom is -0.490 e. The van der Waals surface area contributed by atoms with Crippen molar-refractivity contribution in [1.29, 1.82) is 0 Å². The summed E-state index contributed by atoms with van der Waals surface area (Å²) in [5.74, 6) is 4.00. The number of fused-ring (bicyclic) bond motifs is 1. The summed E-state index contributed by atoms with van der Waals surface area (Å²) in [4.78, 5) is 4.60. The monoisotopic (exact) mass is 519 g/mol. The number of guanidine groups is 1. The predicted molar refractivity (Wildman–Crippen MR) is 127 cm³/mol. The van der Waals surface area contributed by atoms with Crippen LogP contribution in [0.15, 0.2) is 33.7 Å². The third-order valence-corrected chi connectivity index (χ3v) is 5.80. The average Bonchev–Trinajstić information content (AvgIpc) is 3.28. The highest BCUT2D eigenvalue weighted by atomic mass is 127. The second-order valence-electron chi connectivity index (χ2n) is 6.84. The number of ether oxygens (including phenoxy) is 1. The van der Waals surface area contributed by atoms with Crippen LogP contribution in [0.2, 0.25) is 0 Å². The van der Waals surface area contributed by atoms with E-state index in [9.17, 15) is 5.11 Å². The summed E-state index contributed by atoms with van der Waals surface area (Å²) < 4.78 is 11.7. The first-order valence-electron chi connectivity index (χ1n) is 9.55. The fraction of sp³-hybridized carbons (Fsp3) is 0.550. The molecule has 28 heavy (non-hydrogen) atoms. The Kier molecular flexibility index (Phi) is 8.76. The normalized spacial score (nSPS) is 20.6. The van der Waals surface area contributed by atoms with Gasteiger partial charge in [0.25, 0.3) is 0 Å². The largest absolute Gasteiger partial charge is 0.490 e. The van der Waals surface area contributed by atoms with E-state index in [2.05, 4.69) is 15.6 Å². The quantitative estimate of drug-likeness (QED) is 0.292. The highest BCUT2D eigenvalue weighted by Crippen LogP contribution is 2.31. The maximum atomic E-state index is 10.5. The molecule has 2 heterocycles. The van der Waals surface area contributed by atoms with Crippen LogP contribution in [-0.4, -0.2) is 47.9 Å². The van der Waals surface area contributed by atoms with Crippen LogP contribution in [0, 0.1) is 0 Å². The third kappa shape index (κ3) is 5.70. The molecule has 0 amide bonds. The number of nitrogens with zero attached hydrogens (tertiary/aromatic N) is 1. The minimum absolute atomic E-state index is 0. The molecule has 3 rings (SSSR count). The first-order valence-corrected chi connectivity index (χ1v) is 10.7. The second-order valence-corrected chi connectivity index (χ2v) is 7.95. The van der Waals surface area contributed by atoms with Crippen LogP contribution in [0.5, 0.6) is 5.75 Å². The molecule has 0 spiro atoms. The van der Waals surface area contributed by atoms with E-state index in [0.29, 0.717) is 19.1 Å². The second kappa shape index (κ2) is 10.6. The summed E-state index contributed by atoms with van der Waals surface area (Å²) in [6, 6.07) is 7.86. The SMILES string of the molecule is CCNC(=NCC1(O)CCSC1)NC(C)c1cc2cccc(OCC)c2o1.I. The number of benzene rings is 1. The number of aliphatic imine (C=N–C) groups is 1. The molecule has 1 aromatic carbocycles. The molecule has 1 aliphatic heterocycles. The number of rotatable bonds is 7. The van der Waals surface area contributed by atoms with Crippen molar-refractivity contribution in [3.63, 3.8) is 0 Å². The van der Waals surface area contributed by atoms with Gasteiger partial charge in [-0.2, -0.15) is 11.8 Å². The molecule has 1 saturated heterocycles. The first kappa shape index (κ1) is 23.2. The van der Waals surface area contributed by atoms with E-state index in [0.717, 1.165) is 47.0 Å². The van der Waals surface area contributed by atoms with Crippen LogP contribution in [-0.2, 0) is 0 Å². The fourth-order valence-electron chi connectivity index (χ4n) is 3.08. The Balaban J connectivity index is 0.00000280. The predicted octanol–water partition coefficient (Wildman–Crippen LogP) is 3.93. The molecule has 2 aromatic rings. The number of para-hydroxylation sites is 1. The molecular formula is C20H30IN3O3S. The number of thioether (sulfide) groups is 1. The molecule has 1 aliphatic rings. The number of hydrogen-bond acceptors (Lipinski definition) is 5. The van der Waals surface area contributed by atoms with Crippen molar-refractivity contribution in [2.45, 2.75) is 38.8 Å². The summed E-state index contributed by atoms with van der Waals surface area (Å²) in [5, 5.41) is 18.2. The third-order valence-electron chi connectivity index (χ3n) is 4.57. The molecule has 0 aliphatic carbocycles. The van der Waals surface area contributed by atoms with Gasteiger partial charge < -0.3 is 24.9 Å². The zero-order valence-electron chi connectivity index (χ0n) is 16.7. The van der Waals surface area contributed by atoms with Gasteiger partial charge >= 0.3 is 0 Å². The molecule has 156 valence electrons. The van der Waals surface area contributed by atoms with Crippen LogP contribution < -0.4 is 15.4 Å². The molecule has 6 nitrogen and oxygen atoms in total. The maximum Gasteiger partial charge on any atom is 0.191 e. The highest BCUT2D eigenvalue weighted by Gasteiger charge is 2.31. The van der Waals surface area contributed by atoms with Crippen molar-refractivity contribution in [2.24, 2.45) is 4.99 Å². The van der Waals surface area contributed by atoms with Gasteiger partial charge in [0.1, 0.15) is 5.76 Å². The Bertz CT molecular complexity index is 790. The van der Waals surface area contributed by atoms with E-state index in [1.165, 1.54) is 0 Å². The van der Waals surface area contributed by atoms with Gasteiger partial charge in [0.2, 0.25) is 0 Å². The lowest BCUT2D eigenvalue weighted by atomic mass is 10.1. The Morgan fingerprint density at radius 1 is 1.43 bits per heavy atom. The average molecular weight is 519 g/mol. The van der Waals surface area contributed by atoms with Crippen LogP contribution in [0.25, 0.3) is 11.0 Å². The Morgan fingerprint density at radius 2 is 2.25 bits per heavy atom. The van der Waals surface area contributed by atoms with Crippen LogP contribution >= 0.6 is 35.7 Å². The lowest BCUT2D eigenvalue weighted by molar-refractivity contribution is 0.0778. The van der Waals surface area contributed by atoms with Gasteiger partial charge in [0.05, 0.1) is 24.8 Å². The standard InChI is InChI=1S/C20H29N3O3S.HI/c1-4-21-19(22-12-20(24)9-10-27-13-20)23-14(3)17-11-15-7-6-8-16(25-5-2)18(15)26-17;/h6-8,11,14,24H,4-5,9-10,12-13H2,1-3H3,(H2,21,22,23);1H. The molecule has 8 heteroatoms. The molecule has 0 saturated carbocycles. The van der Waals surface area contributed by atoms with Gasteiger partial charge in [-0.05, 0) is 45.1 Å². The van der Waals surface area contributed by atoms with Crippen molar-refractivity contribution < 1.29 is 14.3 Å². The van der Waals surface area contributed by atoms with E-state index in [-0.39, 0.29) is 30.0 Å². The number of halogens is 1. The van der Waals surface area contributed by atoms with Crippen LogP contribution in [0.3, 0.4) is 0 Å². The van der Waals surface area contributed by atoms with Crippen LogP contribution in [0.1, 0.15) is 39.0 Å². The van der Waals surface area contributed by atoms with Gasteiger partial charge in [-0.1, -0.05) is 12.1 Å². The van der Waals surface area contributed by atoms with Crippen LogP contribution in [0.4, 0.5) is 0 Å². The maximum absolute atomic E-state index is 10.5. The van der Waals surface area contributed by atoms with E-state index in [1.807, 2.05) is 45.0 Å². The van der Waals surface area contributed by atoms with E-state index >= 15 is 0 Å². The minimum atomic E-state index is -0.692. The van der Waals surface area contributed by atoms with Crippen molar-refractivity contribution in [1.82, 2.24) is 10.6 Å². The smallest absolute Gasteiger partial charge is 0.191 e. The number of nitrogens with one attached hydrogen (secondary N) is 2. The zero-order valence-corrected chi connectivity index (χ0v) is 19.8. The van der Waals surface area contributed by atoms with Gasteiger partial charge in [-0.3, -0.25) is 4.99 Å². The van der Waals surface area contributed by atoms with Gasteiger partial charge in [0, 0.05) is 17.7 Å². The lowest BCUT2D eigenvalue weighted by Gasteiger charge is -2.21. The van der Waals surface area contributed by atoms with Gasteiger partial charge in [0.15, 0.2) is 17.3 Å². The first-order chi connectivity index (χ1) is 13.0. The number of hydrogen-bond donors (Lipinski definition) is 3. The molecular weight excluding hydrogens is 489 g/mol. The van der Waals surface area contributed by atoms with Crippen molar-refractivity contribution in [3.8, 4) is 5.75 Å². The van der Waals surface area contributed by atoms with Crippen molar-refractivity contribution in [2.75, 3.05) is 31.2 Å².